The van der Waals surface area contributed by atoms with Gasteiger partial charge >= 0.3 is 6.09 Å². The quantitative estimate of drug-likeness (QED) is 0.301. The summed E-state index contributed by atoms with van der Waals surface area (Å²) in [6, 6.07) is 2.95. The molecule has 0 spiro atoms. The van der Waals surface area contributed by atoms with Crippen molar-refractivity contribution in [3.63, 3.8) is 0 Å². The van der Waals surface area contributed by atoms with Crippen LogP contribution < -0.4 is 16.4 Å². The number of primary amides is 1. The van der Waals surface area contributed by atoms with Crippen molar-refractivity contribution in [3.8, 4) is 0 Å². The monoisotopic (exact) mass is 506 g/mol. The van der Waals surface area contributed by atoms with E-state index in [2.05, 4.69) is 17.6 Å². The number of benzene rings is 1. The van der Waals surface area contributed by atoms with Crippen LogP contribution in [-0.2, 0) is 19.1 Å². The minimum absolute atomic E-state index is 0.204. The highest BCUT2D eigenvalue weighted by atomic mass is 16.6. The molecule has 2 atom stereocenters. The van der Waals surface area contributed by atoms with Crippen LogP contribution in [0.3, 0.4) is 0 Å². The molecule has 0 heterocycles. The van der Waals surface area contributed by atoms with Gasteiger partial charge in [-0.3, -0.25) is 14.4 Å². The lowest BCUT2D eigenvalue weighted by atomic mass is 9.94. The Kier molecular flexibility index (Phi) is 12.4. The van der Waals surface area contributed by atoms with Crippen LogP contribution in [-0.4, -0.2) is 65.2 Å². The number of nitrogens with two attached hydrogens (primary N) is 1. The molecule has 0 saturated heterocycles. The van der Waals surface area contributed by atoms with Gasteiger partial charge in [0.25, 0.3) is 0 Å². The van der Waals surface area contributed by atoms with E-state index in [1.54, 1.807) is 32.9 Å². The van der Waals surface area contributed by atoms with E-state index in [1.165, 1.54) is 4.90 Å². The van der Waals surface area contributed by atoms with Gasteiger partial charge in [-0.2, -0.15) is 0 Å². The van der Waals surface area contributed by atoms with Crippen LogP contribution in [0.25, 0.3) is 0 Å². The maximum absolute atomic E-state index is 13.7. The van der Waals surface area contributed by atoms with Crippen molar-refractivity contribution >= 4 is 23.8 Å². The summed E-state index contributed by atoms with van der Waals surface area (Å²) in [5.41, 5.74) is 6.85. The molecule has 0 aliphatic carbocycles. The molecule has 1 aromatic rings. The molecular weight excluding hydrogens is 464 g/mol. The summed E-state index contributed by atoms with van der Waals surface area (Å²) in [4.78, 5) is 52.5. The normalized spacial score (nSPS) is 12.9. The molecule has 0 aromatic heterocycles. The molecule has 10 nitrogen and oxygen atoms in total. The Balaban J connectivity index is 3.45. The van der Waals surface area contributed by atoms with Crippen molar-refractivity contribution in [2.24, 2.45) is 5.73 Å². The van der Waals surface area contributed by atoms with Crippen molar-refractivity contribution in [1.29, 1.82) is 0 Å². The lowest BCUT2D eigenvalue weighted by molar-refractivity contribution is -0.143. The van der Waals surface area contributed by atoms with Crippen LogP contribution in [0.4, 0.5) is 4.79 Å². The van der Waals surface area contributed by atoms with Crippen LogP contribution in [0.2, 0.25) is 0 Å². The van der Waals surface area contributed by atoms with Gasteiger partial charge in [-0.1, -0.05) is 38.0 Å². The third kappa shape index (κ3) is 9.85. The van der Waals surface area contributed by atoms with E-state index < -0.39 is 54.5 Å². The first kappa shape index (κ1) is 30.9. The summed E-state index contributed by atoms with van der Waals surface area (Å²) in [5.74, 6) is -1.97. The number of alkyl carbamates (subject to hydrolysis) is 1. The SMILES string of the molecule is CCCCCNC(=O)C(c1cccc(C)c1C)N(CCO)C(=O)C(CC(N)=O)NC(=O)OC(C)(C)C. The molecule has 4 amide bonds. The van der Waals surface area contributed by atoms with Gasteiger partial charge in [-0.05, 0) is 57.7 Å². The number of aliphatic hydroxyl groups excluding tert-OH is 1. The Bertz CT molecular complexity index is 912. The molecule has 202 valence electrons. The Morgan fingerprint density at radius 2 is 1.81 bits per heavy atom. The first-order valence-corrected chi connectivity index (χ1v) is 12.3. The highest BCUT2D eigenvalue weighted by Gasteiger charge is 2.37. The van der Waals surface area contributed by atoms with Gasteiger partial charge in [0.1, 0.15) is 17.7 Å². The predicted molar refractivity (Wildman–Crippen MR) is 137 cm³/mol. The first-order valence-electron chi connectivity index (χ1n) is 12.3. The number of unbranched alkanes of at least 4 members (excludes halogenated alkanes) is 2. The molecule has 0 aliphatic heterocycles. The van der Waals surface area contributed by atoms with Crippen LogP contribution >= 0.6 is 0 Å². The van der Waals surface area contributed by atoms with Gasteiger partial charge in [0.2, 0.25) is 17.7 Å². The Morgan fingerprint density at radius 1 is 1.14 bits per heavy atom. The second kappa shape index (κ2) is 14.4. The molecule has 0 fully saturated rings. The molecule has 0 saturated carbocycles. The third-order valence-corrected chi connectivity index (χ3v) is 5.60. The number of nitrogens with one attached hydrogen (secondary N) is 2. The maximum Gasteiger partial charge on any atom is 0.408 e. The second-order valence-corrected chi connectivity index (χ2v) is 9.81. The van der Waals surface area contributed by atoms with Crippen LogP contribution in [0, 0.1) is 13.8 Å². The summed E-state index contributed by atoms with van der Waals surface area (Å²) in [6.45, 7) is 10.6. The summed E-state index contributed by atoms with van der Waals surface area (Å²) in [7, 11) is 0. The fourth-order valence-corrected chi connectivity index (χ4v) is 3.73. The van der Waals surface area contributed by atoms with E-state index in [9.17, 15) is 24.3 Å². The second-order valence-electron chi connectivity index (χ2n) is 9.81. The molecule has 36 heavy (non-hydrogen) atoms. The largest absolute Gasteiger partial charge is 0.444 e. The van der Waals surface area contributed by atoms with Gasteiger partial charge in [0, 0.05) is 13.1 Å². The molecule has 2 unspecified atom stereocenters. The third-order valence-electron chi connectivity index (χ3n) is 5.60. The first-order chi connectivity index (χ1) is 16.8. The molecule has 0 aliphatic rings. The molecule has 5 N–H and O–H groups in total. The minimum atomic E-state index is -1.38. The van der Waals surface area contributed by atoms with Crippen molar-refractivity contribution < 1.29 is 29.0 Å². The van der Waals surface area contributed by atoms with Crippen LogP contribution in [0.15, 0.2) is 18.2 Å². The van der Waals surface area contributed by atoms with Crippen molar-refractivity contribution in [2.45, 2.75) is 84.9 Å². The highest BCUT2D eigenvalue weighted by Crippen LogP contribution is 2.27. The number of hydrogen-bond acceptors (Lipinski definition) is 6. The number of nitrogens with zero attached hydrogens (tertiary/aromatic N) is 1. The smallest absolute Gasteiger partial charge is 0.408 e. The number of hydrogen-bond donors (Lipinski definition) is 4. The molecular formula is C26H42N4O6. The molecule has 10 heteroatoms. The number of rotatable bonds is 13. The lowest BCUT2D eigenvalue weighted by Gasteiger charge is -2.34. The zero-order valence-electron chi connectivity index (χ0n) is 22.3. The standard InChI is InChI=1S/C26H42N4O6/c1-7-8-9-13-28-23(33)22(19-12-10-11-17(2)18(19)3)30(14-15-31)24(34)20(16-21(27)32)29-25(35)36-26(4,5)6/h10-12,20,22,31H,7-9,13-16H2,1-6H3,(H2,27,32)(H,28,33)(H,29,35). The van der Waals surface area contributed by atoms with E-state index >= 15 is 0 Å². The molecule has 0 bridgehead atoms. The zero-order valence-corrected chi connectivity index (χ0v) is 22.3. The van der Waals surface area contributed by atoms with E-state index in [-0.39, 0.29) is 6.54 Å². The number of carbonyl (C=O) groups excluding carboxylic acids is 4. The van der Waals surface area contributed by atoms with E-state index in [0.717, 1.165) is 30.4 Å². The summed E-state index contributed by atoms with van der Waals surface area (Å²) in [5, 5.41) is 15.1. The van der Waals surface area contributed by atoms with Gasteiger partial charge < -0.3 is 31.1 Å². The van der Waals surface area contributed by atoms with Crippen molar-refractivity contribution in [2.75, 3.05) is 19.7 Å². The van der Waals surface area contributed by atoms with E-state index in [1.807, 2.05) is 19.9 Å². The number of carbonyl (C=O) groups is 4. The summed E-state index contributed by atoms with van der Waals surface area (Å²) >= 11 is 0. The molecule has 1 aromatic carbocycles. The number of ether oxygens (including phenoxy) is 1. The van der Waals surface area contributed by atoms with E-state index in [4.69, 9.17) is 10.5 Å². The average molecular weight is 507 g/mol. The zero-order chi connectivity index (χ0) is 27.5. The van der Waals surface area contributed by atoms with Crippen LogP contribution in [0.1, 0.15) is 76.1 Å². The van der Waals surface area contributed by atoms with Crippen molar-refractivity contribution in [1.82, 2.24) is 15.5 Å². The van der Waals surface area contributed by atoms with E-state index in [0.29, 0.717) is 12.1 Å². The predicted octanol–water partition coefficient (Wildman–Crippen LogP) is 2.24. The summed E-state index contributed by atoms with van der Waals surface area (Å²) < 4.78 is 5.24. The fraction of sp³-hybridized carbons (Fsp3) is 0.615. The van der Waals surface area contributed by atoms with Gasteiger partial charge in [-0.25, -0.2) is 4.79 Å². The molecule has 1 rings (SSSR count). The molecule has 0 radical (unpaired) electrons. The van der Waals surface area contributed by atoms with Gasteiger partial charge in [-0.15, -0.1) is 0 Å². The maximum atomic E-state index is 13.7. The highest BCUT2D eigenvalue weighted by molar-refractivity contribution is 5.94. The Labute approximate surface area is 213 Å². The lowest BCUT2D eigenvalue weighted by Crippen LogP contribution is -2.54. The Morgan fingerprint density at radius 3 is 2.36 bits per heavy atom. The van der Waals surface area contributed by atoms with Crippen LogP contribution in [0.5, 0.6) is 0 Å². The van der Waals surface area contributed by atoms with Gasteiger partial charge in [0.05, 0.1) is 13.0 Å². The van der Waals surface area contributed by atoms with Gasteiger partial charge in [0.15, 0.2) is 0 Å². The Hall–Kier alpha value is -3.14. The number of amides is 4. The minimum Gasteiger partial charge on any atom is -0.444 e. The topological polar surface area (TPSA) is 151 Å². The number of aryl methyl sites for hydroxylation is 1. The number of aliphatic hydroxyl groups is 1. The average Bonchev–Trinajstić information content (AvgIpc) is 2.76. The summed E-state index contributed by atoms with van der Waals surface area (Å²) in [6.07, 6.45) is 1.29. The van der Waals surface area contributed by atoms with Crippen molar-refractivity contribution in [3.05, 3.63) is 34.9 Å². The fourth-order valence-electron chi connectivity index (χ4n) is 3.73.